The van der Waals surface area contributed by atoms with Crippen molar-refractivity contribution in [3.8, 4) is 0 Å². The lowest BCUT2D eigenvalue weighted by atomic mass is 10.1. The van der Waals surface area contributed by atoms with Crippen LogP contribution in [0.1, 0.15) is 26.2 Å². The summed E-state index contributed by atoms with van der Waals surface area (Å²) in [5.74, 6) is -0.955. The molecule has 1 amide bonds. The second kappa shape index (κ2) is 5.69. The number of hydrogen-bond acceptors (Lipinski definition) is 3. The number of piperidine rings is 1. The van der Waals surface area contributed by atoms with Crippen LogP contribution in [0.5, 0.6) is 0 Å². The fraction of sp³-hybridized carbons (Fsp3) is 0.800. The van der Waals surface area contributed by atoms with Crippen molar-refractivity contribution in [3.63, 3.8) is 0 Å². The van der Waals surface area contributed by atoms with Gasteiger partial charge in [0.2, 0.25) is 0 Å². The highest BCUT2D eigenvalue weighted by Gasteiger charge is 2.26. The lowest BCUT2D eigenvalue weighted by molar-refractivity contribution is -0.156. The van der Waals surface area contributed by atoms with Crippen LogP contribution >= 0.6 is 0 Å². The molecule has 1 atom stereocenters. The molecule has 6 heteroatoms. The Bertz CT molecular complexity index is 260. The van der Waals surface area contributed by atoms with Gasteiger partial charge >= 0.3 is 12.1 Å². The maximum Gasteiger partial charge on any atom is 0.407 e. The maximum atomic E-state index is 10.7. The summed E-state index contributed by atoms with van der Waals surface area (Å²) in [6, 6.07) is 0. The van der Waals surface area contributed by atoms with E-state index in [2.05, 4.69) is 0 Å². The largest absolute Gasteiger partial charge is 0.479 e. The van der Waals surface area contributed by atoms with E-state index in [1.807, 2.05) is 0 Å². The highest BCUT2D eigenvalue weighted by atomic mass is 16.5. The molecule has 1 rings (SSSR count). The number of carboxylic acids is 1. The fourth-order valence-corrected chi connectivity index (χ4v) is 1.74. The highest BCUT2D eigenvalue weighted by Crippen LogP contribution is 2.16. The topological polar surface area (TPSA) is 87.1 Å². The Morgan fingerprint density at radius 1 is 1.38 bits per heavy atom. The second-order valence-corrected chi connectivity index (χ2v) is 3.84. The van der Waals surface area contributed by atoms with Gasteiger partial charge in [0.25, 0.3) is 0 Å². The second-order valence-electron chi connectivity index (χ2n) is 3.84. The molecule has 0 saturated carbocycles. The molecule has 1 aliphatic rings. The van der Waals surface area contributed by atoms with E-state index in [1.165, 1.54) is 4.90 Å². The Morgan fingerprint density at radius 2 is 1.94 bits per heavy atom. The fourth-order valence-electron chi connectivity index (χ4n) is 1.74. The molecule has 0 aliphatic carbocycles. The molecule has 0 spiro atoms. The number of ether oxygens (including phenoxy) is 1. The minimum atomic E-state index is -0.955. The number of carboxylic acid groups (broad SMARTS) is 2. The van der Waals surface area contributed by atoms with Crippen LogP contribution in [0.3, 0.4) is 0 Å². The molecule has 0 aromatic carbocycles. The number of amides is 1. The normalized spacial score (nSPS) is 19.4. The van der Waals surface area contributed by atoms with E-state index in [4.69, 9.17) is 14.9 Å². The van der Waals surface area contributed by atoms with Gasteiger partial charge in [0, 0.05) is 13.1 Å². The maximum absolute atomic E-state index is 10.7. The first-order valence-electron chi connectivity index (χ1n) is 5.40. The first kappa shape index (κ1) is 12.8. The Hall–Kier alpha value is -1.30. The molecule has 1 unspecified atom stereocenters. The minimum absolute atomic E-state index is 0.142. The van der Waals surface area contributed by atoms with Crippen molar-refractivity contribution in [3.05, 3.63) is 0 Å². The molecule has 1 saturated heterocycles. The Morgan fingerprint density at radius 3 is 2.31 bits per heavy atom. The third-order valence-corrected chi connectivity index (χ3v) is 2.72. The SMILES string of the molecule is CCC(OC1CCN(C(=O)O)CC1)C(=O)O. The quantitative estimate of drug-likeness (QED) is 0.754. The molecule has 0 bridgehead atoms. The van der Waals surface area contributed by atoms with E-state index in [1.54, 1.807) is 6.92 Å². The summed E-state index contributed by atoms with van der Waals surface area (Å²) >= 11 is 0. The van der Waals surface area contributed by atoms with Gasteiger partial charge in [-0.05, 0) is 19.3 Å². The van der Waals surface area contributed by atoms with Crippen molar-refractivity contribution >= 4 is 12.1 Å². The van der Waals surface area contributed by atoms with Gasteiger partial charge in [0.05, 0.1) is 6.10 Å². The van der Waals surface area contributed by atoms with E-state index < -0.39 is 18.2 Å². The van der Waals surface area contributed by atoms with Crippen molar-refractivity contribution in [2.75, 3.05) is 13.1 Å². The smallest absolute Gasteiger partial charge is 0.407 e. The predicted molar refractivity (Wildman–Crippen MR) is 55.4 cm³/mol. The summed E-state index contributed by atoms with van der Waals surface area (Å²) in [7, 11) is 0. The number of aliphatic carboxylic acids is 1. The summed E-state index contributed by atoms with van der Waals surface area (Å²) in [6.45, 7) is 2.58. The van der Waals surface area contributed by atoms with Gasteiger partial charge in [-0.1, -0.05) is 6.92 Å². The van der Waals surface area contributed by atoms with E-state index >= 15 is 0 Å². The molecule has 1 heterocycles. The van der Waals surface area contributed by atoms with Crippen molar-refractivity contribution in [1.82, 2.24) is 4.90 Å². The molecule has 0 aromatic rings. The summed E-state index contributed by atoms with van der Waals surface area (Å²) in [5, 5.41) is 17.5. The predicted octanol–water partition coefficient (Wildman–Crippen LogP) is 1.01. The van der Waals surface area contributed by atoms with Crippen molar-refractivity contribution in [2.45, 2.75) is 38.4 Å². The van der Waals surface area contributed by atoms with E-state index in [9.17, 15) is 9.59 Å². The van der Waals surface area contributed by atoms with Gasteiger partial charge in [-0.3, -0.25) is 0 Å². The molecular formula is C10H17NO5. The molecule has 0 radical (unpaired) electrons. The number of nitrogens with zero attached hydrogens (tertiary/aromatic N) is 1. The zero-order chi connectivity index (χ0) is 12.1. The number of rotatable bonds is 4. The lowest BCUT2D eigenvalue weighted by Gasteiger charge is -2.31. The average Bonchev–Trinajstić information content (AvgIpc) is 2.26. The minimum Gasteiger partial charge on any atom is -0.479 e. The van der Waals surface area contributed by atoms with Gasteiger partial charge in [0.15, 0.2) is 6.10 Å². The third-order valence-electron chi connectivity index (χ3n) is 2.72. The molecule has 16 heavy (non-hydrogen) atoms. The van der Waals surface area contributed by atoms with E-state index in [0.29, 0.717) is 32.4 Å². The lowest BCUT2D eigenvalue weighted by Crippen LogP contribution is -2.42. The zero-order valence-electron chi connectivity index (χ0n) is 9.26. The molecule has 6 nitrogen and oxygen atoms in total. The van der Waals surface area contributed by atoms with Crippen molar-refractivity contribution in [1.29, 1.82) is 0 Å². The van der Waals surface area contributed by atoms with Gasteiger partial charge in [-0.25, -0.2) is 9.59 Å². The first-order valence-corrected chi connectivity index (χ1v) is 5.40. The van der Waals surface area contributed by atoms with Crippen LogP contribution in [-0.2, 0) is 9.53 Å². The molecule has 0 aromatic heterocycles. The van der Waals surface area contributed by atoms with Crippen molar-refractivity contribution < 1.29 is 24.5 Å². The van der Waals surface area contributed by atoms with Crippen LogP contribution in [-0.4, -0.2) is 52.5 Å². The van der Waals surface area contributed by atoms with Crippen molar-refractivity contribution in [2.24, 2.45) is 0 Å². The summed E-state index contributed by atoms with van der Waals surface area (Å²) < 4.78 is 5.41. The van der Waals surface area contributed by atoms with E-state index in [-0.39, 0.29) is 6.10 Å². The first-order chi connectivity index (χ1) is 7.54. The highest BCUT2D eigenvalue weighted by molar-refractivity contribution is 5.72. The van der Waals surface area contributed by atoms with Crippen LogP contribution in [0.15, 0.2) is 0 Å². The third kappa shape index (κ3) is 3.37. The Labute approximate surface area is 93.8 Å². The monoisotopic (exact) mass is 231 g/mol. The molecule has 1 fully saturated rings. The summed E-state index contributed by atoms with van der Waals surface area (Å²) in [6.07, 6.45) is -0.289. The molecule has 1 aliphatic heterocycles. The molecule has 92 valence electrons. The summed E-state index contributed by atoms with van der Waals surface area (Å²) in [4.78, 5) is 22.7. The number of carbonyl (C=O) groups is 2. The summed E-state index contributed by atoms with van der Waals surface area (Å²) in [5.41, 5.74) is 0. The van der Waals surface area contributed by atoms with Crippen LogP contribution in [0.2, 0.25) is 0 Å². The molecular weight excluding hydrogens is 214 g/mol. The molecule has 2 N–H and O–H groups in total. The van der Waals surface area contributed by atoms with Crippen LogP contribution in [0, 0.1) is 0 Å². The van der Waals surface area contributed by atoms with Gasteiger partial charge < -0.3 is 19.8 Å². The Kier molecular flexibility index (Phi) is 4.54. The van der Waals surface area contributed by atoms with Gasteiger partial charge in [-0.2, -0.15) is 0 Å². The van der Waals surface area contributed by atoms with Crippen LogP contribution < -0.4 is 0 Å². The van der Waals surface area contributed by atoms with Crippen LogP contribution in [0.25, 0.3) is 0 Å². The van der Waals surface area contributed by atoms with E-state index in [0.717, 1.165) is 0 Å². The average molecular weight is 231 g/mol. The Balaban J connectivity index is 2.36. The number of hydrogen-bond donors (Lipinski definition) is 2. The standard InChI is InChI=1S/C10H17NO5/c1-2-8(9(12)13)16-7-3-5-11(6-4-7)10(14)15/h7-8H,2-6H2,1H3,(H,12,13)(H,14,15). The zero-order valence-corrected chi connectivity index (χ0v) is 9.26. The van der Waals surface area contributed by atoms with Crippen LogP contribution in [0.4, 0.5) is 4.79 Å². The van der Waals surface area contributed by atoms with Gasteiger partial charge in [0.1, 0.15) is 0 Å². The number of likely N-dealkylation sites (tertiary alicyclic amines) is 1. The van der Waals surface area contributed by atoms with Gasteiger partial charge in [-0.15, -0.1) is 0 Å².